The van der Waals surface area contributed by atoms with Crippen LogP contribution in [0, 0.1) is 11.6 Å². The Balaban J connectivity index is 2.23. The van der Waals surface area contributed by atoms with Crippen LogP contribution in [0.3, 0.4) is 0 Å². The molecule has 0 aliphatic carbocycles. The highest BCUT2D eigenvalue weighted by molar-refractivity contribution is 7.99. The fraction of sp³-hybridized carbons (Fsp3) is 0.167. The van der Waals surface area contributed by atoms with Gasteiger partial charge in [-0.15, -0.1) is 0 Å². The van der Waals surface area contributed by atoms with Gasteiger partial charge in [0.25, 0.3) is 0 Å². The fourth-order valence-corrected chi connectivity index (χ4v) is 2.04. The van der Waals surface area contributed by atoms with Crippen LogP contribution in [0.2, 0.25) is 5.15 Å². The maximum atomic E-state index is 13.4. The molecule has 0 aliphatic heterocycles. The maximum Gasteiger partial charge on any atom is 0.189 e. The van der Waals surface area contributed by atoms with Crippen LogP contribution in [0.4, 0.5) is 8.78 Å². The second-order valence-electron chi connectivity index (χ2n) is 3.42. The Bertz CT molecular complexity index is 598. The van der Waals surface area contributed by atoms with Gasteiger partial charge in [-0.2, -0.15) is 0 Å². The van der Waals surface area contributed by atoms with Gasteiger partial charge in [0.05, 0.1) is 6.20 Å². The van der Waals surface area contributed by atoms with E-state index in [1.807, 2.05) is 6.92 Å². The minimum absolute atomic E-state index is 0.0784. The summed E-state index contributed by atoms with van der Waals surface area (Å²) >= 11 is 7.34. The van der Waals surface area contributed by atoms with Crippen molar-refractivity contribution in [3.05, 3.63) is 41.2 Å². The summed E-state index contributed by atoms with van der Waals surface area (Å²) < 4.78 is 31.4. The average Bonchev–Trinajstić information content (AvgIpc) is 2.36. The van der Waals surface area contributed by atoms with Gasteiger partial charge in [-0.1, -0.05) is 30.3 Å². The highest BCUT2D eigenvalue weighted by Crippen LogP contribution is 2.30. The van der Waals surface area contributed by atoms with Crippen LogP contribution in [0.25, 0.3) is 0 Å². The van der Waals surface area contributed by atoms with Crippen molar-refractivity contribution < 1.29 is 13.5 Å². The average molecular weight is 303 g/mol. The molecule has 0 bridgehead atoms. The van der Waals surface area contributed by atoms with Gasteiger partial charge in [0, 0.05) is 6.07 Å². The van der Waals surface area contributed by atoms with E-state index in [2.05, 4.69) is 9.97 Å². The lowest BCUT2D eigenvalue weighted by atomic mass is 10.3. The first kappa shape index (κ1) is 14.0. The van der Waals surface area contributed by atoms with Gasteiger partial charge in [-0.25, -0.2) is 18.7 Å². The van der Waals surface area contributed by atoms with E-state index in [0.29, 0.717) is 5.16 Å². The third-order valence-corrected chi connectivity index (χ3v) is 3.09. The van der Waals surface area contributed by atoms with E-state index in [1.165, 1.54) is 24.0 Å². The van der Waals surface area contributed by atoms with Crippen LogP contribution in [0.1, 0.15) is 6.92 Å². The molecule has 0 N–H and O–H groups in total. The van der Waals surface area contributed by atoms with Gasteiger partial charge < -0.3 is 4.74 Å². The summed E-state index contributed by atoms with van der Waals surface area (Å²) in [5, 5.41) is 0.592. The normalized spacial score (nSPS) is 10.5. The van der Waals surface area contributed by atoms with E-state index in [9.17, 15) is 8.78 Å². The number of thioether (sulfide) groups is 1. The van der Waals surface area contributed by atoms with Gasteiger partial charge in [-0.05, 0) is 17.9 Å². The van der Waals surface area contributed by atoms with Crippen LogP contribution in [-0.4, -0.2) is 15.7 Å². The number of aromatic nitrogens is 2. The molecule has 0 spiro atoms. The lowest BCUT2D eigenvalue weighted by Crippen LogP contribution is -1.94. The zero-order valence-electron chi connectivity index (χ0n) is 9.86. The second kappa shape index (κ2) is 6.16. The minimum atomic E-state index is -0.817. The Hall–Kier alpha value is -1.40. The van der Waals surface area contributed by atoms with Crippen molar-refractivity contribution in [3.63, 3.8) is 0 Å². The predicted octanol–water partition coefficient (Wildman–Crippen LogP) is 4.31. The zero-order chi connectivity index (χ0) is 13.8. The molecule has 1 aromatic heterocycles. The first-order chi connectivity index (χ1) is 9.10. The summed E-state index contributed by atoms with van der Waals surface area (Å²) in [6, 6.07) is 3.00. The topological polar surface area (TPSA) is 35.0 Å². The Morgan fingerprint density at radius 1 is 1.32 bits per heavy atom. The summed E-state index contributed by atoms with van der Waals surface area (Å²) in [5.74, 6) is -0.705. The smallest absolute Gasteiger partial charge is 0.189 e. The molecule has 0 fully saturated rings. The highest BCUT2D eigenvalue weighted by Gasteiger charge is 2.11. The molecule has 0 amide bonds. The molecule has 100 valence electrons. The van der Waals surface area contributed by atoms with Crippen LogP contribution in [0.15, 0.2) is 29.6 Å². The Kier molecular flexibility index (Phi) is 4.55. The van der Waals surface area contributed by atoms with Gasteiger partial charge in [0.2, 0.25) is 0 Å². The molecular weight excluding hydrogens is 294 g/mol. The molecule has 1 heterocycles. The number of halogens is 3. The molecule has 0 saturated carbocycles. The molecule has 0 radical (unpaired) electrons. The summed E-state index contributed by atoms with van der Waals surface area (Å²) in [6.45, 7) is 1.96. The van der Waals surface area contributed by atoms with Crippen LogP contribution >= 0.6 is 23.4 Å². The Morgan fingerprint density at radius 3 is 2.74 bits per heavy atom. The molecule has 0 atom stereocenters. The molecule has 1 aromatic carbocycles. The molecule has 19 heavy (non-hydrogen) atoms. The number of ether oxygens (including phenoxy) is 1. The largest absolute Gasteiger partial charge is 0.449 e. The summed E-state index contributed by atoms with van der Waals surface area (Å²) in [5.41, 5.74) is 0. The maximum absolute atomic E-state index is 13.4. The SMILES string of the molecule is CCSc1ncc(Oc2ccc(F)cc2F)c(Cl)n1. The van der Waals surface area contributed by atoms with E-state index in [-0.39, 0.29) is 16.7 Å². The molecule has 0 saturated heterocycles. The standard InChI is InChI=1S/C12H9ClF2N2OS/c1-2-19-12-16-6-10(11(13)17-12)18-9-4-3-7(14)5-8(9)15/h3-6H,2H2,1H3. The minimum Gasteiger partial charge on any atom is -0.449 e. The number of benzene rings is 1. The monoisotopic (exact) mass is 302 g/mol. The lowest BCUT2D eigenvalue weighted by Gasteiger charge is -2.08. The first-order valence-electron chi connectivity index (χ1n) is 5.38. The molecule has 0 unspecified atom stereocenters. The van der Waals surface area contributed by atoms with Gasteiger partial charge in [-0.3, -0.25) is 0 Å². The second-order valence-corrected chi connectivity index (χ2v) is 5.01. The molecule has 3 nitrogen and oxygen atoms in total. The predicted molar refractivity (Wildman–Crippen MR) is 69.9 cm³/mol. The van der Waals surface area contributed by atoms with E-state index in [1.54, 1.807) is 0 Å². The summed E-state index contributed by atoms with van der Waals surface area (Å²) in [4.78, 5) is 8.02. The van der Waals surface area contributed by atoms with Gasteiger partial charge in [0.15, 0.2) is 27.6 Å². The van der Waals surface area contributed by atoms with E-state index in [0.717, 1.165) is 17.9 Å². The van der Waals surface area contributed by atoms with Crippen molar-refractivity contribution >= 4 is 23.4 Å². The molecule has 2 rings (SSSR count). The number of hydrogen-bond donors (Lipinski definition) is 0. The third kappa shape index (κ3) is 3.54. The Labute approximate surface area is 118 Å². The number of rotatable bonds is 4. The summed E-state index contributed by atoms with van der Waals surface area (Å²) in [7, 11) is 0. The van der Waals surface area contributed by atoms with Gasteiger partial charge in [0.1, 0.15) is 5.82 Å². The van der Waals surface area contributed by atoms with Crippen molar-refractivity contribution in [2.24, 2.45) is 0 Å². The Morgan fingerprint density at radius 2 is 2.11 bits per heavy atom. The first-order valence-corrected chi connectivity index (χ1v) is 6.74. The highest BCUT2D eigenvalue weighted by atomic mass is 35.5. The van der Waals surface area contributed by atoms with Crippen LogP contribution in [-0.2, 0) is 0 Å². The van der Waals surface area contributed by atoms with Crippen LogP contribution < -0.4 is 4.74 Å². The van der Waals surface area contributed by atoms with Crippen molar-refractivity contribution in [2.75, 3.05) is 5.75 Å². The quantitative estimate of drug-likeness (QED) is 0.479. The van der Waals surface area contributed by atoms with Crippen molar-refractivity contribution in [1.82, 2.24) is 9.97 Å². The van der Waals surface area contributed by atoms with E-state index >= 15 is 0 Å². The van der Waals surface area contributed by atoms with E-state index in [4.69, 9.17) is 16.3 Å². The van der Waals surface area contributed by atoms with Gasteiger partial charge >= 0.3 is 0 Å². The zero-order valence-corrected chi connectivity index (χ0v) is 11.4. The third-order valence-electron chi connectivity index (χ3n) is 2.08. The van der Waals surface area contributed by atoms with Crippen LogP contribution in [0.5, 0.6) is 11.5 Å². The lowest BCUT2D eigenvalue weighted by molar-refractivity contribution is 0.433. The molecule has 0 aliphatic rings. The number of hydrogen-bond acceptors (Lipinski definition) is 4. The van der Waals surface area contributed by atoms with Crippen molar-refractivity contribution in [3.8, 4) is 11.5 Å². The van der Waals surface area contributed by atoms with E-state index < -0.39 is 11.6 Å². The van der Waals surface area contributed by atoms with Crippen molar-refractivity contribution in [2.45, 2.75) is 12.1 Å². The molecule has 2 aromatic rings. The van der Waals surface area contributed by atoms with Crippen molar-refractivity contribution in [1.29, 1.82) is 0 Å². The molecular formula is C12H9ClF2N2OS. The number of nitrogens with zero attached hydrogens (tertiary/aromatic N) is 2. The summed E-state index contributed by atoms with van der Waals surface area (Å²) in [6.07, 6.45) is 1.36. The molecule has 7 heteroatoms. The fourth-order valence-electron chi connectivity index (χ4n) is 1.28.